The van der Waals surface area contributed by atoms with E-state index in [0.29, 0.717) is 16.2 Å². The van der Waals surface area contributed by atoms with Gasteiger partial charge in [0.25, 0.3) is 5.56 Å². The van der Waals surface area contributed by atoms with E-state index in [-0.39, 0.29) is -0.565 Å². The lowest BCUT2D eigenvalue weighted by atomic mass is 9.76. The van der Waals surface area contributed by atoms with Crippen molar-refractivity contribution in [3.05, 3.63) is 74.0 Å². The van der Waals surface area contributed by atoms with Crippen LogP contribution in [0.25, 0.3) is 11.2 Å². The summed E-state index contributed by atoms with van der Waals surface area (Å²) in [5.74, 6) is 0. The highest BCUT2D eigenvalue weighted by Crippen LogP contribution is 2.56. The first kappa shape index (κ1) is 25.0. The van der Waals surface area contributed by atoms with Crippen LogP contribution in [-0.2, 0) is 9.31 Å². The van der Waals surface area contributed by atoms with Gasteiger partial charge in [-0.25, -0.2) is 9.36 Å². The maximum Gasteiger partial charge on any atom is 0.495 e. The second-order valence-corrected chi connectivity index (χ2v) is 19.8. The smallest absolute Gasteiger partial charge is 0.399 e. The Morgan fingerprint density at radius 1 is 1.06 bits per heavy atom. The first-order valence-electron chi connectivity index (χ1n) is 9.74. The molecule has 1 fully saturated rings. The molecule has 11 heteroatoms. The number of aromatic nitrogens is 2. The first-order chi connectivity index (χ1) is 14.8. The van der Waals surface area contributed by atoms with Gasteiger partial charge in [0.1, 0.15) is 5.60 Å². The van der Waals surface area contributed by atoms with Crippen molar-refractivity contribution in [1.82, 2.24) is 8.97 Å². The molecule has 0 saturated carbocycles. The lowest BCUT2D eigenvalue weighted by Gasteiger charge is -2.42. The number of benzene rings is 1. The van der Waals surface area contributed by atoms with E-state index in [1.165, 1.54) is 10.5 Å². The number of halogens is 4. The Hall–Kier alpha value is -0.155. The fourth-order valence-electron chi connectivity index (χ4n) is 3.84. The van der Waals surface area contributed by atoms with E-state index in [1.807, 2.05) is 33.8 Å². The van der Waals surface area contributed by atoms with Crippen molar-refractivity contribution >= 4 is 97.5 Å². The normalized spacial score (nSPS) is 20.8. The lowest BCUT2D eigenvalue weighted by Crippen LogP contribution is -2.53. The molecule has 32 heavy (non-hydrogen) atoms. The third-order valence-corrected chi connectivity index (χ3v) is 9.54. The van der Waals surface area contributed by atoms with Gasteiger partial charge in [-0.05, 0) is 56.9 Å². The second-order valence-electron chi connectivity index (χ2n) is 8.31. The van der Waals surface area contributed by atoms with Crippen LogP contribution in [0.2, 0.25) is 5.02 Å². The second kappa shape index (κ2) is 8.50. The zero-order chi connectivity index (χ0) is 23.6. The van der Waals surface area contributed by atoms with E-state index in [1.54, 1.807) is 30.5 Å². The fraction of sp³-hybridized carbons (Fsp3) is 0.333. The summed E-state index contributed by atoms with van der Waals surface area (Å²) < 4.78 is 15.1. The quantitative estimate of drug-likeness (QED) is 0.221. The molecule has 0 amide bonds. The van der Waals surface area contributed by atoms with E-state index in [9.17, 15) is 9.59 Å². The number of alkyl halides is 3. The zero-order valence-corrected chi connectivity index (χ0v) is 24.9. The minimum Gasteiger partial charge on any atom is -0.399 e. The van der Waals surface area contributed by atoms with E-state index in [4.69, 9.17) is 20.9 Å². The third-order valence-electron chi connectivity index (χ3n) is 6.14. The Kier molecular flexibility index (Phi) is 6.63. The molecular weight excluding hydrogens is 771 g/mol. The van der Waals surface area contributed by atoms with Gasteiger partial charge in [0, 0.05) is 12.3 Å². The number of hydrogen-bond acceptors (Lipinski definition) is 4. The van der Waals surface area contributed by atoms with Crippen LogP contribution in [0.4, 0.5) is 0 Å². The molecule has 0 radical (unpaired) electrons. The molecule has 1 aromatic carbocycles. The van der Waals surface area contributed by atoms with Gasteiger partial charge in [-0.1, -0.05) is 91.5 Å². The summed E-state index contributed by atoms with van der Waals surface area (Å²) in [5, 5.41) is 0.341. The van der Waals surface area contributed by atoms with Gasteiger partial charge in [-0.15, -0.1) is 0 Å². The van der Waals surface area contributed by atoms with Crippen LogP contribution in [0.1, 0.15) is 26.3 Å². The van der Waals surface area contributed by atoms with Crippen molar-refractivity contribution in [3.8, 4) is 5.69 Å². The van der Waals surface area contributed by atoms with Crippen LogP contribution in [-0.4, -0.2) is 26.7 Å². The van der Waals surface area contributed by atoms with Crippen molar-refractivity contribution in [1.29, 1.82) is 0 Å². The highest BCUT2D eigenvalue weighted by molar-refractivity contribution is 14.3. The minimum absolute atomic E-state index is 0.266. The maximum absolute atomic E-state index is 13.2. The van der Waals surface area contributed by atoms with E-state index >= 15 is 0 Å². The third kappa shape index (κ3) is 3.90. The average molecular weight is 790 g/mol. The highest BCUT2D eigenvalue weighted by atomic mass is 127. The van der Waals surface area contributed by atoms with Crippen LogP contribution in [0.5, 0.6) is 0 Å². The maximum atomic E-state index is 13.2. The molecule has 0 spiro atoms. The number of hydrogen-bond donors (Lipinski definition) is 0. The molecule has 3 aromatic rings. The first-order valence-corrected chi connectivity index (χ1v) is 13.3. The van der Waals surface area contributed by atoms with Crippen molar-refractivity contribution in [2.24, 2.45) is 0 Å². The molecule has 1 aliphatic heterocycles. The topological polar surface area (TPSA) is 61.9 Å². The van der Waals surface area contributed by atoms with Gasteiger partial charge >= 0.3 is 12.8 Å². The van der Waals surface area contributed by atoms with Gasteiger partial charge < -0.3 is 9.31 Å². The molecule has 4 rings (SSSR count). The molecule has 1 unspecified atom stereocenters. The summed E-state index contributed by atoms with van der Waals surface area (Å²) in [5.41, 5.74) is 0.263. The molecule has 1 aliphatic rings. The van der Waals surface area contributed by atoms with Gasteiger partial charge in [0.05, 0.1) is 21.8 Å². The fourth-order valence-corrected chi connectivity index (χ4v) is 6.39. The van der Waals surface area contributed by atoms with Crippen LogP contribution in [0.3, 0.4) is 0 Å². The van der Waals surface area contributed by atoms with Gasteiger partial charge in [0.15, 0.2) is -0.565 Å². The molecule has 1 saturated heterocycles. The molecule has 6 nitrogen and oxygen atoms in total. The molecular formula is C21H19BClI3N2O4. The average Bonchev–Trinajstić information content (AvgIpc) is 2.94. The zero-order valence-electron chi connectivity index (χ0n) is 17.7. The number of pyridine rings is 1. The van der Waals surface area contributed by atoms with Crippen LogP contribution < -0.4 is 16.7 Å². The molecule has 168 valence electrons. The predicted octanol–water partition coefficient (Wildman–Crippen LogP) is 4.65. The molecule has 0 bridgehead atoms. The Balaban J connectivity index is 1.87. The summed E-state index contributed by atoms with van der Waals surface area (Å²) in [6.45, 7) is 7.94. The van der Waals surface area contributed by atoms with E-state index in [0.717, 1.165) is 15.6 Å². The largest absolute Gasteiger partial charge is 0.495 e. The number of fused-ring (bicyclic) bond motifs is 1. The van der Waals surface area contributed by atoms with Crippen molar-refractivity contribution in [2.75, 3.05) is 0 Å². The van der Waals surface area contributed by atoms with Crippen LogP contribution in [0, 0.1) is 6.92 Å². The molecule has 0 aliphatic carbocycles. The Bertz CT molecular complexity index is 1350. The predicted molar refractivity (Wildman–Crippen MR) is 154 cm³/mol. The van der Waals surface area contributed by atoms with Gasteiger partial charge in [-0.2, -0.15) is 0 Å². The lowest BCUT2D eigenvalue weighted by molar-refractivity contribution is 0.00631. The van der Waals surface area contributed by atoms with Crippen molar-refractivity contribution < 1.29 is 9.31 Å². The Morgan fingerprint density at radius 2 is 1.75 bits per heavy atom. The summed E-state index contributed by atoms with van der Waals surface area (Å²) in [6.07, 6.45) is 1.59. The van der Waals surface area contributed by atoms with Crippen LogP contribution >= 0.6 is 79.4 Å². The number of rotatable bonds is 3. The van der Waals surface area contributed by atoms with Crippen molar-refractivity contribution in [3.63, 3.8) is 0 Å². The summed E-state index contributed by atoms with van der Waals surface area (Å²) in [6, 6.07) is 10.1. The molecule has 2 aromatic heterocycles. The summed E-state index contributed by atoms with van der Waals surface area (Å²) in [4.78, 5) is 26.2. The van der Waals surface area contributed by atoms with Gasteiger partial charge in [-0.3, -0.25) is 9.20 Å². The molecule has 1 atom stereocenters. The van der Waals surface area contributed by atoms with E-state index < -0.39 is 29.6 Å². The van der Waals surface area contributed by atoms with Gasteiger partial charge in [0.2, 0.25) is 0 Å². The molecule has 0 N–H and O–H groups in total. The minimum atomic E-state index is -0.637. The summed E-state index contributed by atoms with van der Waals surface area (Å²) >= 11 is 13.3. The number of nitrogens with zero attached hydrogens (tertiary/aromatic N) is 2. The highest BCUT2D eigenvalue weighted by Gasteiger charge is 2.62. The monoisotopic (exact) mass is 790 g/mol. The summed E-state index contributed by atoms with van der Waals surface area (Å²) in [7, 11) is -0.637. The SMILES string of the molecule is Cc1c(B2OC(C)(C)C(C)(C(I)(I)I)O2)cccc1-n1c(=O)cc2c(Cl)cccn2c1=O. The standard InChI is InChI=1S/C21H19BClI3N2O4/c1-12-13(22-31-19(2,3)20(4,32-22)21(24,25)26)7-5-9-15(12)28-17(29)11-16-14(23)8-6-10-27(16)18(28)30/h5-11H,1-4H3. The van der Waals surface area contributed by atoms with E-state index in [2.05, 4.69) is 67.8 Å². The van der Waals surface area contributed by atoms with Crippen LogP contribution in [0.15, 0.2) is 52.2 Å². The van der Waals surface area contributed by atoms with Crippen molar-refractivity contribution in [2.45, 2.75) is 38.3 Å². The Labute approximate surface area is 231 Å². The molecule has 3 heterocycles. The Morgan fingerprint density at radius 3 is 2.38 bits per heavy atom.